The van der Waals surface area contributed by atoms with E-state index in [9.17, 15) is 0 Å². The number of hydrogen-bond donors (Lipinski definition) is 0. The van der Waals surface area contributed by atoms with Crippen molar-refractivity contribution < 1.29 is 23.5 Å². The number of pyridine rings is 1. The summed E-state index contributed by atoms with van der Waals surface area (Å²) in [7, 11) is 0. The van der Waals surface area contributed by atoms with Gasteiger partial charge in [0, 0.05) is 10.9 Å². The molecule has 0 radical (unpaired) electrons. The molecule has 0 unspecified atom stereocenters. The fourth-order valence-electron chi connectivity index (χ4n) is 4.40. The molecule has 0 saturated carbocycles. The molecule has 0 amide bonds. The quantitative estimate of drug-likeness (QED) is 0.632. The Morgan fingerprint density at radius 2 is 1.69 bits per heavy atom. The van der Waals surface area contributed by atoms with E-state index >= 15 is 0 Å². The lowest BCUT2D eigenvalue weighted by Crippen LogP contribution is -2.37. The molecule has 5 nitrogen and oxygen atoms in total. The molecule has 0 atom stereocenters. The fourth-order valence-corrected chi connectivity index (χ4v) is 4.40. The molecule has 2 aromatic carbocycles. The molecule has 3 heterocycles. The molecule has 0 spiro atoms. The van der Waals surface area contributed by atoms with E-state index in [0.29, 0.717) is 13.6 Å². The Bertz CT molecular complexity index is 1090. The van der Waals surface area contributed by atoms with E-state index in [4.69, 9.17) is 18.9 Å². The predicted octanol–water partition coefficient (Wildman–Crippen LogP) is 3.37. The van der Waals surface area contributed by atoms with E-state index in [0.717, 1.165) is 47.8 Å². The molecule has 3 aliphatic rings. The molecular formula is C21H18NO4+. The van der Waals surface area contributed by atoms with Crippen LogP contribution in [0.4, 0.5) is 0 Å². The summed E-state index contributed by atoms with van der Waals surface area (Å²) in [5.41, 5.74) is 5.22. The first-order valence-corrected chi connectivity index (χ1v) is 9.04. The molecule has 6 rings (SSSR count). The summed E-state index contributed by atoms with van der Waals surface area (Å²) in [5, 5.41) is 2.38. The van der Waals surface area contributed by atoms with E-state index in [1.807, 2.05) is 6.07 Å². The van der Waals surface area contributed by atoms with Crippen LogP contribution >= 0.6 is 0 Å². The van der Waals surface area contributed by atoms with Gasteiger partial charge in [-0.05, 0) is 49.6 Å². The second-order valence-electron chi connectivity index (χ2n) is 6.87. The smallest absolute Gasteiger partial charge is 0.231 e. The minimum atomic E-state index is 0.296. The Morgan fingerprint density at radius 3 is 2.58 bits per heavy atom. The monoisotopic (exact) mass is 348 g/mol. The van der Waals surface area contributed by atoms with Crippen molar-refractivity contribution in [2.75, 3.05) is 13.6 Å². The third-order valence-corrected chi connectivity index (χ3v) is 5.60. The van der Waals surface area contributed by atoms with Crippen LogP contribution in [0.1, 0.15) is 18.1 Å². The molecule has 26 heavy (non-hydrogen) atoms. The number of nitrogens with zero attached hydrogens (tertiary/aromatic N) is 1. The summed E-state index contributed by atoms with van der Waals surface area (Å²) in [4.78, 5) is 0. The average Bonchev–Trinajstić information content (AvgIpc) is 3.33. The summed E-state index contributed by atoms with van der Waals surface area (Å²) in [5.74, 6) is 3.40. The van der Waals surface area contributed by atoms with Gasteiger partial charge in [-0.2, -0.15) is 4.57 Å². The standard InChI is InChI=1S/C21H18NO4/c1-2-22-9-16-13(5-6-17-21(16)26-11-23-17)14-4-3-12-7-18-19(25-10-24-18)8-15(12)20(14)22/h5-9H,2-4,10-11H2,1H3/q+1. The van der Waals surface area contributed by atoms with Crippen LogP contribution in [0.2, 0.25) is 0 Å². The van der Waals surface area contributed by atoms with Crippen molar-refractivity contribution in [3.8, 4) is 34.3 Å². The van der Waals surface area contributed by atoms with Gasteiger partial charge in [-0.15, -0.1) is 0 Å². The molecule has 3 aromatic rings. The van der Waals surface area contributed by atoms with E-state index in [2.05, 4.69) is 35.9 Å². The third-order valence-electron chi connectivity index (χ3n) is 5.60. The molecule has 1 aliphatic carbocycles. The molecular weight excluding hydrogens is 330 g/mol. The van der Waals surface area contributed by atoms with Crippen molar-refractivity contribution >= 4 is 10.8 Å². The van der Waals surface area contributed by atoms with Crippen molar-refractivity contribution in [1.29, 1.82) is 0 Å². The van der Waals surface area contributed by atoms with Crippen LogP contribution in [0.25, 0.3) is 22.0 Å². The summed E-state index contributed by atoms with van der Waals surface area (Å²) in [6.07, 6.45) is 4.19. The number of fused-ring (bicyclic) bond motifs is 8. The normalized spacial score (nSPS) is 15.9. The Kier molecular flexibility index (Phi) is 2.76. The molecule has 5 heteroatoms. The highest BCUT2D eigenvalue weighted by Crippen LogP contribution is 2.45. The van der Waals surface area contributed by atoms with E-state index < -0.39 is 0 Å². The topological polar surface area (TPSA) is 40.8 Å². The van der Waals surface area contributed by atoms with E-state index in [-0.39, 0.29) is 0 Å². The summed E-state index contributed by atoms with van der Waals surface area (Å²) >= 11 is 0. The highest BCUT2D eigenvalue weighted by atomic mass is 16.7. The second kappa shape index (κ2) is 5.04. The van der Waals surface area contributed by atoms with Crippen molar-refractivity contribution in [2.45, 2.75) is 26.3 Å². The van der Waals surface area contributed by atoms with Gasteiger partial charge in [-0.1, -0.05) is 0 Å². The van der Waals surface area contributed by atoms with Gasteiger partial charge in [0.1, 0.15) is 6.54 Å². The first-order valence-electron chi connectivity index (χ1n) is 9.04. The maximum Gasteiger partial charge on any atom is 0.231 e. The molecule has 1 aromatic heterocycles. The zero-order chi connectivity index (χ0) is 17.3. The Morgan fingerprint density at radius 1 is 0.885 bits per heavy atom. The third kappa shape index (κ3) is 1.77. The van der Waals surface area contributed by atoms with Crippen LogP contribution in [-0.2, 0) is 19.4 Å². The minimum absolute atomic E-state index is 0.296. The summed E-state index contributed by atoms with van der Waals surface area (Å²) in [6.45, 7) is 3.66. The molecule has 0 bridgehead atoms. The lowest BCUT2D eigenvalue weighted by molar-refractivity contribution is -0.681. The maximum atomic E-state index is 5.76. The largest absolute Gasteiger partial charge is 0.454 e. The Balaban J connectivity index is 1.68. The number of ether oxygens (including phenoxy) is 4. The van der Waals surface area contributed by atoms with Crippen LogP contribution < -0.4 is 23.5 Å². The van der Waals surface area contributed by atoms with Crippen molar-refractivity contribution in [3.05, 3.63) is 41.6 Å². The van der Waals surface area contributed by atoms with Gasteiger partial charge in [-0.3, -0.25) is 0 Å². The zero-order valence-electron chi connectivity index (χ0n) is 14.5. The number of benzene rings is 2. The molecule has 0 saturated heterocycles. The molecule has 130 valence electrons. The SMILES string of the molecule is CC[n+]1cc2c3c(ccc2c2c1-c1cc4c(cc1CC2)OCO4)OCO3. The highest BCUT2D eigenvalue weighted by Gasteiger charge is 2.32. The van der Waals surface area contributed by atoms with E-state index in [1.165, 1.54) is 27.8 Å². The highest BCUT2D eigenvalue weighted by molar-refractivity contribution is 5.95. The van der Waals surface area contributed by atoms with Crippen LogP contribution in [-0.4, -0.2) is 13.6 Å². The van der Waals surface area contributed by atoms with E-state index in [1.54, 1.807) is 0 Å². The van der Waals surface area contributed by atoms with Crippen molar-refractivity contribution in [1.82, 2.24) is 0 Å². The average molecular weight is 348 g/mol. The van der Waals surface area contributed by atoms with Crippen LogP contribution in [0, 0.1) is 0 Å². The number of aryl methyl sites for hydroxylation is 3. The zero-order valence-corrected chi connectivity index (χ0v) is 14.5. The number of hydrogen-bond acceptors (Lipinski definition) is 4. The molecule has 2 aliphatic heterocycles. The first kappa shape index (κ1) is 14.2. The lowest BCUT2D eigenvalue weighted by atomic mass is 9.85. The van der Waals surface area contributed by atoms with Gasteiger partial charge in [0.05, 0.1) is 10.9 Å². The van der Waals surface area contributed by atoms with Crippen LogP contribution in [0.3, 0.4) is 0 Å². The Hall–Kier alpha value is -2.95. The predicted molar refractivity (Wildman–Crippen MR) is 94.9 cm³/mol. The van der Waals surface area contributed by atoms with Crippen LogP contribution in [0.15, 0.2) is 30.5 Å². The van der Waals surface area contributed by atoms with Gasteiger partial charge in [0.25, 0.3) is 0 Å². The summed E-state index contributed by atoms with van der Waals surface area (Å²) < 4.78 is 24.9. The van der Waals surface area contributed by atoms with Gasteiger partial charge >= 0.3 is 0 Å². The minimum Gasteiger partial charge on any atom is -0.454 e. The molecule has 0 N–H and O–H groups in total. The molecule has 0 fully saturated rings. The number of aromatic nitrogens is 1. The lowest BCUT2D eigenvalue weighted by Gasteiger charge is -2.20. The van der Waals surface area contributed by atoms with Gasteiger partial charge < -0.3 is 18.9 Å². The number of rotatable bonds is 1. The summed E-state index contributed by atoms with van der Waals surface area (Å²) in [6, 6.07) is 8.47. The van der Waals surface area contributed by atoms with Crippen molar-refractivity contribution in [2.24, 2.45) is 0 Å². The fraction of sp³-hybridized carbons (Fsp3) is 0.286. The van der Waals surface area contributed by atoms with Gasteiger partial charge in [-0.25, -0.2) is 0 Å². The Labute approximate surface area is 150 Å². The first-order chi connectivity index (χ1) is 12.8. The van der Waals surface area contributed by atoms with Gasteiger partial charge in [0.15, 0.2) is 29.2 Å². The van der Waals surface area contributed by atoms with Crippen molar-refractivity contribution in [3.63, 3.8) is 0 Å². The van der Waals surface area contributed by atoms with Crippen LogP contribution in [0.5, 0.6) is 23.0 Å². The maximum absolute atomic E-state index is 5.76. The second-order valence-corrected chi connectivity index (χ2v) is 6.87. The van der Waals surface area contributed by atoms with Gasteiger partial charge in [0.2, 0.25) is 19.3 Å².